The zero-order chi connectivity index (χ0) is 16.8. The van der Waals surface area contributed by atoms with Crippen molar-refractivity contribution in [1.29, 1.82) is 0 Å². The summed E-state index contributed by atoms with van der Waals surface area (Å²) in [4.78, 5) is 31.4. The van der Waals surface area contributed by atoms with E-state index in [4.69, 9.17) is 5.73 Å². The van der Waals surface area contributed by atoms with Crippen molar-refractivity contribution >= 4 is 23.0 Å². The van der Waals surface area contributed by atoms with E-state index < -0.39 is 0 Å². The fourth-order valence-corrected chi connectivity index (χ4v) is 3.63. The van der Waals surface area contributed by atoms with Crippen LogP contribution in [0.5, 0.6) is 0 Å². The van der Waals surface area contributed by atoms with Crippen LogP contribution in [0.2, 0.25) is 0 Å². The Balaban J connectivity index is 1.87. The molecule has 0 amide bonds. The minimum Gasteiger partial charge on any atom is -0.397 e. The summed E-state index contributed by atoms with van der Waals surface area (Å²) in [6.07, 6.45) is 6.28. The Morgan fingerprint density at radius 3 is 2.46 bits per heavy atom. The number of rotatable bonds is 2. The summed E-state index contributed by atoms with van der Waals surface area (Å²) in [5.41, 5.74) is 7.72. The maximum Gasteiger partial charge on any atom is 0.294 e. The van der Waals surface area contributed by atoms with Crippen LogP contribution in [-0.2, 0) is 17.9 Å². The van der Waals surface area contributed by atoms with Crippen LogP contribution in [0.25, 0.3) is 0 Å². The van der Waals surface area contributed by atoms with Gasteiger partial charge in [-0.05, 0) is 37.8 Å². The third-order valence-electron chi connectivity index (χ3n) is 4.89. The Hall–Kier alpha value is -2.57. The lowest BCUT2D eigenvalue weighted by Crippen LogP contribution is -2.22. The normalized spacial score (nSPS) is 22.1. The third kappa shape index (κ3) is 2.23. The summed E-state index contributed by atoms with van der Waals surface area (Å²) >= 11 is 0. The molecule has 24 heavy (non-hydrogen) atoms. The molecule has 126 valence electrons. The van der Waals surface area contributed by atoms with Crippen molar-refractivity contribution in [2.75, 3.05) is 18.0 Å². The predicted octanol–water partition coefficient (Wildman–Crippen LogP) is 1.10. The van der Waals surface area contributed by atoms with Crippen LogP contribution in [0.1, 0.15) is 26.2 Å². The van der Waals surface area contributed by atoms with Crippen LogP contribution in [0.3, 0.4) is 0 Å². The number of ketones is 1. The van der Waals surface area contributed by atoms with Gasteiger partial charge in [0.05, 0.1) is 11.4 Å². The molecule has 3 aliphatic rings. The van der Waals surface area contributed by atoms with E-state index >= 15 is 0 Å². The quantitative estimate of drug-likeness (QED) is 0.824. The fourth-order valence-electron chi connectivity index (χ4n) is 3.63. The van der Waals surface area contributed by atoms with Crippen LogP contribution < -0.4 is 16.2 Å². The molecule has 1 aromatic heterocycles. The molecule has 1 fully saturated rings. The van der Waals surface area contributed by atoms with E-state index in [1.807, 2.05) is 0 Å². The topological polar surface area (TPSA) is 85.6 Å². The minimum atomic E-state index is -0.109. The van der Waals surface area contributed by atoms with Gasteiger partial charge in [0.2, 0.25) is 0 Å². The van der Waals surface area contributed by atoms with E-state index in [1.165, 1.54) is 6.08 Å². The standard InChI is InChI=1S/C17H21N5O2/c1-11-9-13(12(18)10-14(11)23)19-15-16(20-5-2-3-6-20)21-7-4-8-22(21)17(15)24/h9-10H,2-8,18H2,1H3. The second kappa shape index (κ2) is 5.51. The highest BCUT2D eigenvalue weighted by Gasteiger charge is 2.29. The number of carbonyl (C=O) groups excluding carboxylic acids is 1. The number of hydrogen-bond acceptors (Lipinski definition) is 5. The van der Waals surface area contributed by atoms with Gasteiger partial charge in [-0.3, -0.25) is 14.3 Å². The predicted molar refractivity (Wildman–Crippen MR) is 92.9 cm³/mol. The van der Waals surface area contributed by atoms with E-state index in [2.05, 4.69) is 14.6 Å². The van der Waals surface area contributed by atoms with E-state index in [-0.39, 0.29) is 11.3 Å². The largest absolute Gasteiger partial charge is 0.397 e. The lowest BCUT2D eigenvalue weighted by Gasteiger charge is -2.19. The van der Waals surface area contributed by atoms with E-state index in [9.17, 15) is 9.59 Å². The number of nitrogens with zero attached hydrogens (tertiary/aromatic N) is 4. The van der Waals surface area contributed by atoms with E-state index in [1.54, 1.807) is 17.7 Å². The summed E-state index contributed by atoms with van der Waals surface area (Å²) in [5, 5.41) is 0. The Morgan fingerprint density at radius 1 is 1.00 bits per heavy atom. The summed E-state index contributed by atoms with van der Waals surface area (Å²) in [7, 11) is 0. The van der Waals surface area contributed by atoms with Gasteiger partial charge < -0.3 is 10.6 Å². The van der Waals surface area contributed by atoms with Gasteiger partial charge >= 0.3 is 0 Å². The molecule has 0 unspecified atom stereocenters. The monoisotopic (exact) mass is 327 g/mol. The number of carbonyl (C=O) groups is 1. The van der Waals surface area contributed by atoms with Crippen LogP contribution in [0.15, 0.2) is 33.2 Å². The number of allylic oxidation sites excluding steroid dienone is 3. The molecule has 2 N–H and O–H groups in total. The van der Waals surface area contributed by atoms with Crippen molar-refractivity contribution in [2.45, 2.75) is 39.3 Å². The molecule has 1 aliphatic carbocycles. The van der Waals surface area contributed by atoms with E-state index in [0.29, 0.717) is 22.7 Å². The lowest BCUT2D eigenvalue weighted by molar-refractivity contribution is -0.111. The molecule has 0 spiro atoms. The number of anilines is 1. The van der Waals surface area contributed by atoms with Gasteiger partial charge in [-0.2, -0.15) is 0 Å². The number of hydrogen-bond donors (Lipinski definition) is 1. The second-order valence-corrected chi connectivity index (χ2v) is 6.56. The average Bonchev–Trinajstić information content (AvgIpc) is 3.26. The van der Waals surface area contributed by atoms with Crippen LogP contribution >= 0.6 is 0 Å². The van der Waals surface area contributed by atoms with Crippen molar-refractivity contribution in [3.63, 3.8) is 0 Å². The Bertz CT molecular complexity index is 862. The highest BCUT2D eigenvalue weighted by Crippen LogP contribution is 2.32. The number of nitrogens with two attached hydrogens (primary N) is 1. The van der Waals surface area contributed by atoms with Crippen LogP contribution in [0, 0.1) is 0 Å². The SMILES string of the molecule is CC1=CC(=Nc2c(N3CCCC3)n3n(c2=O)CCC3)C(N)=CC1=O. The first kappa shape index (κ1) is 15.0. The molecule has 7 nitrogen and oxygen atoms in total. The molecule has 0 radical (unpaired) electrons. The Labute approximate surface area is 139 Å². The van der Waals surface area contributed by atoms with Gasteiger partial charge in [0, 0.05) is 32.3 Å². The molecular formula is C17H21N5O2. The van der Waals surface area contributed by atoms with Gasteiger partial charge in [-0.1, -0.05) is 0 Å². The van der Waals surface area contributed by atoms with Crippen molar-refractivity contribution in [3.8, 4) is 0 Å². The van der Waals surface area contributed by atoms with Gasteiger partial charge in [-0.25, -0.2) is 9.67 Å². The second-order valence-electron chi connectivity index (χ2n) is 6.56. The zero-order valence-electron chi connectivity index (χ0n) is 13.8. The molecule has 0 saturated carbocycles. The zero-order valence-corrected chi connectivity index (χ0v) is 13.8. The first-order valence-electron chi connectivity index (χ1n) is 8.43. The summed E-state index contributed by atoms with van der Waals surface area (Å²) < 4.78 is 3.83. The van der Waals surface area contributed by atoms with Crippen LogP contribution in [0.4, 0.5) is 11.5 Å². The van der Waals surface area contributed by atoms with Crippen molar-refractivity contribution in [1.82, 2.24) is 9.36 Å². The Morgan fingerprint density at radius 2 is 1.71 bits per heavy atom. The summed E-state index contributed by atoms with van der Waals surface area (Å²) in [6, 6.07) is 0. The van der Waals surface area contributed by atoms with Crippen molar-refractivity contribution < 1.29 is 4.79 Å². The average molecular weight is 327 g/mol. The van der Waals surface area contributed by atoms with Crippen molar-refractivity contribution in [3.05, 3.63) is 33.8 Å². The minimum absolute atomic E-state index is 0.0716. The van der Waals surface area contributed by atoms with Gasteiger partial charge in [-0.15, -0.1) is 0 Å². The molecule has 0 atom stereocenters. The van der Waals surface area contributed by atoms with Crippen molar-refractivity contribution in [2.24, 2.45) is 10.7 Å². The molecule has 1 saturated heterocycles. The molecule has 2 aliphatic heterocycles. The molecule has 0 bridgehead atoms. The van der Waals surface area contributed by atoms with Gasteiger partial charge in [0.1, 0.15) is 0 Å². The Kier molecular flexibility index (Phi) is 3.44. The number of aromatic nitrogens is 2. The van der Waals surface area contributed by atoms with Gasteiger partial charge in [0.15, 0.2) is 17.3 Å². The third-order valence-corrected chi connectivity index (χ3v) is 4.89. The van der Waals surface area contributed by atoms with E-state index in [0.717, 1.165) is 51.3 Å². The van der Waals surface area contributed by atoms with Crippen LogP contribution in [-0.4, -0.2) is 33.9 Å². The maximum absolute atomic E-state index is 12.8. The fraction of sp³-hybridized carbons (Fsp3) is 0.471. The highest BCUT2D eigenvalue weighted by molar-refractivity contribution is 6.22. The van der Waals surface area contributed by atoms with Gasteiger partial charge in [0.25, 0.3) is 5.56 Å². The first-order valence-corrected chi connectivity index (χ1v) is 8.43. The smallest absolute Gasteiger partial charge is 0.294 e. The lowest BCUT2D eigenvalue weighted by atomic mass is 10.0. The maximum atomic E-state index is 12.8. The summed E-state index contributed by atoms with van der Waals surface area (Å²) in [5.74, 6) is 0.792. The molecular weight excluding hydrogens is 306 g/mol. The first-order chi connectivity index (χ1) is 11.6. The highest BCUT2D eigenvalue weighted by atomic mass is 16.1. The molecule has 7 heteroatoms. The molecule has 4 rings (SSSR count). The molecule has 1 aromatic rings. The number of fused-ring (bicyclic) bond motifs is 1. The number of aliphatic imine (C=N–C) groups is 1. The molecule has 3 heterocycles. The molecule has 0 aromatic carbocycles. The summed E-state index contributed by atoms with van der Waals surface area (Å²) in [6.45, 7) is 5.18.